The topological polar surface area (TPSA) is 81.8 Å². The first-order valence-corrected chi connectivity index (χ1v) is 8.59. The van der Waals surface area contributed by atoms with E-state index in [2.05, 4.69) is 20.0 Å². The van der Waals surface area contributed by atoms with Gasteiger partial charge in [-0.05, 0) is 31.5 Å². The third-order valence-electron chi connectivity index (χ3n) is 4.48. The molecule has 0 spiro atoms. The molecule has 26 heavy (non-hydrogen) atoms. The third kappa shape index (κ3) is 3.15. The maximum absolute atomic E-state index is 12.6. The van der Waals surface area contributed by atoms with Gasteiger partial charge in [0.1, 0.15) is 11.5 Å². The molecule has 0 saturated carbocycles. The number of amides is 1. The molecule has 1 atom stereocenters. The van der Waals surface area contributed by atoms with E-state index in [0.717, 1.165) is 24.4 Å². The van der Waals surface area contributed by atoms with E-state index < -0.39 is 0 Å². The predicted molar refractivity (Wildman–Crippen MR) is 96.4 cm³/mol. The Kier molecular flexibility index (Phi) is 4.12. The lowest BCUT2D eigenvalue weighted by molar-refractivity contribution is 0.0920. The first-order chi connectivity index (χ1) is 12.6. The highest BCUT2D eigenvalue weighted by atomic mass is 16.2. The molecule has 1 N–H and O–H groups in total. The number of carbonyl (C=O) groups excluding carboxylic acids is 1. The summed E-state index contributed by atoms with van der Waals surface area (Å²) in [7, 11) is 0. The number of para-hydroxylation sites is 1. The van der Waals surface area contributed by atoms with E-state index in [1.165, 1.54) is 16.8 Å². The van der Waals surface area contributed by atoms with Gasteiger partial charge in [0, 0.05) is 31.3 Å². The quantitative estimate of drug-likeness (QED) is 0.777. The fourth-order valence-corrected chi connectivity index (χ4v) is 3.25. The highest BCUT2D eigenvalue weighted by Crippen LogP contribution is 2.15. The van der Waals surface area contributed by atoms with Gasteiger partial charge in [-0.15, -0.1) is 0 Å². The summed E-state index contributed by atoms with van der Waals surface area (Å²) in [6.45, 7) is 2.66. The van der Waals surface area contributed by atoms with Crippen molar-refractivity contribution in [3.8, 4) is 5.69 Å². The molecule has 0 saturated heterocycles. The summed E-state index contributed by atoms with van der Waals surface area (Å²) in [5.74, 6) is 0.781. The van der Waals surface area contributed by atoms with Crippen molar-refractivity contribution in [2.75, 3.05) is 0 Å². The zero-order valence-electron chi connectivity index (χ0n) is 14.4. The zero-order chi connectivity index (χ0) is 18.1. The van der Waals surface area contributed by atoms with Gasteiger partial charge in [0.05, 0.1) is 11.4 Å². The summed E-state index contributed by atoms with van der Waals surface area (Å²) in [4.78, 5) is 29.2. The Bertz CT molecular complexity index is 1010. The van der Waals surface area contributed by atoms with E-state index in [9.17, 15) is 9.59 Å². The van der Waals surface area contributed by atoms with Crippen LogP contribution in [0, 0.1) is 6.92 Å². The highest BCUT2D eigenvalue weighted by Gasteiger charge is 2.22. The summed E-state index contributed by atoms with van der Waals surface area (Å²) < 4.78 is 3.33. The number of nitrogens with zero attached hydrogens (tertiary/aromatic N) is 4. The van der Waals surface area contributed by atoms with E-state index in [-0.39, 0.29) is 23.2 Å². The Hall–Kier alpha value is -3.22. The van der Waals surface area contributed by atoms with Crippen molar-refractivity contribution < 1.29 is 4.79 Å². The second kappa shape index (κ2) is 6.59. The fourth-order valence-electron chi connectivity index (χ4n) is 3.25. The molecule has 1 aliphatic heterocycles. The minimum absolute atomic E-state index is 0.0162. The van der Waals surface area contributed by atoms with Gasteiger partial charge in [-0.25, -0.2) is 4.98 Å². The van der Waals surface area contributed by atoms with E-state index in [4.69, 9.17) is 0 Å². The van der Waals surface area contributed by atoms with Crippen LogP contribution in [0.3, 0.4) is 0 Å². The molecule has 1 unspecified atom stereocenters. The van der Waals surface area contributed by atoms with Crippen LogP contribution in [-0.2, 0) is 13.0 Å². The standard InChI is InChI=1S/C19H19N5O2/c1-13-11-23-12-14(7-9-17(23)20-13)21-19(26)16-8-10-18(25)24(22-16)15-5-3-2-4-6-15/h2-6,8,10-11,14H,7,9,12H2,1H3,(H,21,26). The van der Waals surface area contributed by atoms with E-state index >= 15 is 0 Å². The number of hydrogen-bond acceptors (Lipinski definition) is 4. The molecule has 2 aromatic heterocycles. The second-order valence-corrected chi connectivity index (χ2v) is 6.46. The molecule has 3 heterocycles. The van der Waals surface area contributed by atoms with Crippen LogP contribution >= 0.6 is 0 Å². The first-order valence-electron chi connectivity index (χ1n) is 8.59. The van der Waals surface area contributed by atoms with Crippen molar-refractivity contribution in [3.05, 3.63) is 76.2 Å². The number of aryl methyl sites for hydroxylation is 2. The molecule has 0 bridgehead atoms. The smallest absolute Gasteiger partial charge is 0.272 e. The van der Waals surface area contributed by atoms with Gasteiger partial charge in [0.15, 0.2) is 0 Å². The van der Waals surface area contributed by atoms with Crippen molar-refractivity contribution in [2.24, 2.45) is 0 Å². The summed E-state index contributed by atoms with van der Waals surface area (Å²) in [6, 6.07) is 11.9. The van der Waals surface area contributed by atoms with Gasteiger partial charge in [-0.3, -0.25) is 9.59 Å². The molecular weight excluding hydrogens is 330 g/mol. The number of benzene rings is 1. The van der Waals surface area contributed by atoms with Crippen LogP contribution < -0.4 is 10.9 Å². The summed E-state index contributed by atoms with van der Waals surface area (Å²) in [6.07, 6.45) is 3.66. The Balaban J connectivity index is 1.53. The Labute approximate surface area is 150 Å². The van der Waals surface area contributed by atoms with Gasteiger partial charge in [0.2, 0.25) is 0 Å². The Morgan fingerprint density at radius 1 is 1.19 bits per heavy atom. The molecule has 7 heteroatoms. The largest absolute Gasteiger partial charge is 0.346 e. The first kappa shape index (κ1) is 16.3. The number of rotatable bonds is 3. The maximum Gasteiger partial charge on any atom is 0.272 e. The lowest BCUT2D eigenvalue weighted by Gasteiger charge is -2.24. The molecule has 7 nitrogen and oxygen atoms in total. The summed E-state index contributed by atoms with van der Waals surface area (Å²) in [5.41, 5.74) is 1.57. The SMILES string of the molecule is Cc1cn2c(n1)CCC(NC(=O)c1ccc(=O)n(-c3ccccc3)n1)C2. The summed E-state index contributed by atoms with van der Waals surface area (Å²) >= 11 is 0. The van der Waals surface area contributed by atoms with Crippen molar-refractivity contribution in [1.82, 2.24) is 24.6 Å². The van der Waals surface area contributed by atoms with Crippen LogP contribution in [0.5, 0.6) is 0 Å². The third-order valence-corrected chi connectivity index (χ3v) is 4.48. The van der Waals surface area contributed by atoms with Crippen LogP contribution in [0.2, 0.25) is 0 Å². The molecule has 0 aliphatic carbocycles. The predicted octanol–water partition coefficient (Wildman–Crippen LogP) is 1.48. The fraction of sp³-hybridized carbons (Fsp3) is 0.263. The van der Waals surface area contributed by atoms with Crippen molar-refractivity contribution in [3.63, 3.8) is 0 Å². The zero-order valence-corrected chi connectivity index (χ0v) is 14.4. The number of nitrogens with one attached hydrogen (secondary N) is 1. The van der Waals surface area contributed by atoms with E-state index in [1.807, 2.05) is 31.3 Å². The van der Waals surface area contributed by atoms with Gasteiger partial charge in [-0.1, -0.05) is 18.2 Å². The normalized spacial score (nSPS) is 16.1. The van der Waals surface area contributed by atoms with Gasteiger partial charge < -0.3 is 9.88 Å². The molecule has 3 aromatic rings. The number of carbonyl (C=O) groups is 1. The molecule has 0 fully saturated rings. The van der Waals surface area contributed by atoms with Crippen LogP contribution in [-0.4, -0.2) is 31.3 Å². The molecule has 132 valence electrons. The lowest BCUT2D eigenvalue weighted by Crippen LogP contribution is -2.41. The summed E-state index contributed by atoms with van der Waals surface area (Å²) in [5, 5.41) is 7.25. The average Bonchev–Trinajstić information content (AvgIpc) is 3.02. The van der Waals surface area contributed by atoms with Crippen molar-refractivity contribution in [1.29, 1.82) is 0 Å². The lowest BCUT2D eigenvalue weighted by atomic mass is 10.1. The number of fused-ring (bicyclic) bond motifs is 1. The Morgan fingerprint density at radius 3 is 2.81 bits per heavy atom. The van der Waals surface area contributed by atoms with E-state index in [0.29, 0.717) is 12.2 Å². The number of aromatic nitrogens is 4. The molecule has 0 radical (unpaired) electrons. The van der Waals surface area contributed by atoms with Gasteiger partial charge in [0.25, 0.3) is 11.5 Å². The molecule has 1 aliphatic rings. The molecule has 4 rings (SSSR count). The van der Waals surface area contributed by atoms with Crippen LogP contribution in [0.25, 0.3) is 5.69 Å². The van der Waals surface area contributed by atoms with Crippen molar-refractivity contribution >= 4 is 5.91 Å². The van der Waals surface area contributed by atoms with Crippen molar-refractivity contribution in [2.45, 2.75) is 32.4 Å². The van der Waals surface area contributed by atoms with Gasteiger partial charge >= 0.3 is 0 Å². The van der Waals surface area contributed by atoms with Crippen LogP contribution in [0.4, 0.5) is 0 Å². The minimum Gasteiger partial charge on any atom is -0.346 e. The maximum atomic E-state index is 12.6. The monoisotopic (exact) mass is 349 g/mol. The molecule has 1 aromatic carbocycles. The highest BCUT2D eigenvalue weighted by molar-refractivity contribution is 5.92. The van der Waals surface area contributed by atoms with Gasteiger partial charge in [-0.2, -0.15) is 9.78 Å². The molecule has 1 amide bonds. The number of hydrogen-bond donors (Lipinski definition) is 1. The Morgan fingerprint density at radius 2 is 2.00 bits per heavy atom. The second-order valence-electron chi connectivity index (χ2n) is 6.46. The molecular formula is C19H19N5O2. The van der Waals surface area contributed by atoms with Crippen LogP contribution in [0.1, 0.15) is 28.4 Å². The number of imidazole rings is 1. The van der Waals surface area contributed by atoms with Crippen LogP contribution in [0.15, 0.2) is 53.5 Å². The van der Waals surface area contributed by atoms with E-state index in [1.54, 1.807) is 12.1 Å². The minimum atomic E-state index is -0.278. The average molecular weight is 349 g/mol.